The smallest absolute Gasteiger partial charge is 0.254 e. The third-order valence-electron chi connectivity index (χ3n) is 5.03. The summed E-state index contributed by atoms with van der Waals surface area (Å²) in [7, 11) is 0. The van der Waals surface area contributed by atoms with Crippen molar-refractivity contribution >= 4 is 17.7 Å². The van der Waals surface area contributed by atoms with Crippen LogP contribution in [0.3, 0.4) is 0 Å². The number of amides is 1. The maximum atomic E-state index is 11.7. The van der Waals surface area contributed by atoms with E-state index in [0.717, 1.165) is 12.8 Å². The van der Waals surface area contributed by atoms with E-state index in [-0.39, 0.29) is 5.54 Å². The number of anilines is 2. The predicted molar refractivity (Wildman–Crippen MR) is 91.5 cm³/mol. The molecule has 1 aromatic rings. The first-order valence-electron chi connectivity index (χ1n) is 8.67. The van der Waals surface area contributed by atoms with Crippen molar-refractivity contribution in [2.45, 2.75) is 70.4 Å². The van der Waals surface area contributed by atoms with Crippen molar-refractivity contribution in [2.75, 3.05) is 10.6 Å². The van der Waals surface area contributed by atoms with Gasteiger partial charge in [0.25, 0.3) is 5.91 Å². The maximum Gasteiger partial charge on any atom is 0.254 e. The first kappa shape index (κ1) is 16.0. The lowest BCUT2D eigenvalue weighted by Gasteiger charge is -2.28. The molecule has 1 amide bonds. The molecule has 0 atom stereocenters. The Morgan fingerprint density at radius 2 is 1.91 bits per heavy atom. The molecule has 3 rings (SSSR count). The average molecular weight is 317 g/mol. The number of nitrogens with one attached hydrogen (secondary N) is 2. The molecule has 2 aliphatic rings. The molecule has 4 N–H and O–H groups in total. The molecule has 126 valence electrons. The summed E-state index contributed by atoms with van der Waals surface area (Å²) < 4.78 is 0. The van der Waals surface area contributed by atoms with Gasteiger partial charge in [0, 0.05) is 17.8 Å². The zero-order valence-electron chi connectivity index (χ0n) is 14.1. The average Bonchev–Trinajstić information content (AvgIpc) is 3.33. The molecule has 1 aromatic heterocycles. The van der Waals surface area contributed by atoms with Gasteiger partial charge in [-0.3, -0.25) is 4.79 Å². The Hall–Kier alpha value is -1.85. The lowest BCUT2D eigenvalue weighted by atomic mass is 9.96. The molecular weight excluding hydrogens is 290 g/mol. The Labute approximate surface area is 137 Å². The summed E-state index contributed by atoms with van der Waals surface area (Å²) in [5, 5.41) is 6.82. The van der Waals surface area contributed by atoms with E-state index in [2.05, 4.69) is 34.4 Å². The fraction of sp³-hybridized carbons (Fsp3) is 0.706. The zero-order valence-corrected chi connectivity index (χ0v) is 14.1. The second-order valence-electron chi connectivity index (χ2n) is 7.42. The number of hydrogen-bond acceptors (Lipinski definition) is 5. The van der Waals surface area contributed by atoms with Gasteiger partial charge in [-0.05, 0) is 45.4 Å². The zero-order chi connectivity index (χ0) is 16.4. The number of hydrogen-bond donors (Lipinski definition) is 3. The van der Waals surface area contributed by atoms with Gasteiger partial charge in [-0.2, -0.15) is 4.98 Å². The first-order valence-corrected chi connectivity index (χ1v) is 8.67. The molecule has 1 heterocycles. The fourth-order valence-corrected chi connectivity index (χ4v) is 3.37. The van der Waals surface area contributed by atoms with Crippen LogP contribution in [0.15, 0.2) is 6.20 Å². The van der Waals surface area contributed by atoms with E-state index >= 15 is 0 Å². The van der Waals surface area contributed by atoms with Gasteiger partial charge >= 0.3 is 0 Å². The van der Waals surface area contributed by atoms with E-state index in [9.17, 15) is 4.79 Å². The molecular formula is C17H27N5O. The molecule has 6 heteroatoms. The van der Waals surface area contributed by atoms with Crippen LogP contribution in [0.1, 0.15) is 69.2 Å². The minimum Gasteiger partial charge on any atom is -0.365 e. The minimum atomic E-state index is -0.497. The van der Waals surface area contributed by atoms with Crippen LogP contribution in [-0.4, -0.2) is 27.5 Å². The van der Waals surface area contributed by atoms with Crippen molar-refractivity contribution in [3.05, 3.63) is 11.8 Å². The third kappa shape index (κ3) is 3.92. The maximum absolute atomic E-state index is 11.7. The number of carbonyl (C=O) groups is 1. The molecule has 0 spiro atoms. The molecule has 0 radical (unpaired) electrons. The molecule has 0 aliphatic heterocycles. The van der Waals surface area contributed by atoms with E-state index in [1.807, 2.05) is 0 Å². The van der Waals surface area contributed by atoms with Crippen LogP contribution in [-0.2, 0) is 0 Å². The Morgan fingerprint density at radius 1 is 1.22 bits per heavy atom. The van der Waals surface area contributed by atoms with Crippen LogP contribution in [0.25, 0.3) is 0 Å². The Morgan fingerprint density at radius 3 is 2.52 bits per heavy atom. The molecule has 0 bridgehead atoms. The van der Waals surface area contributed by atoms with Crippen molar-refractivity contribution in [1.29, 1.82) is 0 Å². The normalized spacial score (nSPS) is 19.4. The summed E-state index contributed by atoms with van der Waals surface area (Å²) >= 11 is 0. The summed E-state index contributed by atoms with van der Waals surface area (Å²) in [5.74, 6) is 1.25. The van der Waals surface area contributed by atoms with Gasteiger partial charge in [-0.15, -0.1) is 0 Å². The third-order valence-corrected chi connectivity index (χ3v) is 5.03. The van der Waals surface area contributed by atoms with E-state index in [1.54, 1.807) is 0 Å². The molecule has 2 aliphatic carbocycles. The highest BCUT2D eigenvalue weighted by atomic mass is 16.1. The predicted octanol–water partition coefficient (Wildman–Crippen LogP) is 2.92. The van der Waals surface area contributed by atoms with Crippen molar-refractivity contribution in [1.82, 2.24) is 9.97 Å². The summed E-state index contributed by atoms with van der Waals surface area (Å²) in [6, 6.07) is 0.424. The van der Waals surface area contributed by atoms with Crippen LogP contribution in [0.5, 0.6) is 0 Å². The second-order valence-corrected chi connectivity index (χ2v) is 7.42. The van der Waals surface area contributed by atoms with E-state index < -0.39 is 5.91 Å². The monoisotopic (exact) mass is 317 g/mol. The number of nitrogens with two attached hydrogens (primary N) is 1. The van der Waals surface area contributed by atoms with E-state index in [0.29, 0.717) is 29.3 Å². The number of nitrogens with zero attached hydrogens (tertiary/aromatic N) is 2. The van der Waals surface area contributed by atoms with Crippen LogP contribution in [0, 0.1) is 5.92 Å². The SMILES string of the molecule is CC(C)(Nc1nc(NC2CCCCC2)ncc1C(N)=O)C1CC1. The van der Waals surface area contributed by atoms with Gasteiger partial charge in [0.1, 0.15) is 5.82 Å². The number of rotatable bonds is 6. The van der Waals surface area contributed by atoms with E-state index in [4.69, 9.17) is 5.73 Å². The number of aromatic nitrogens is 2. The van der Waals surface area contributed by atoms with Crippen LogP contribution >= 0.6 is 0 Å². The lowest BCUT2D eigenvalue weighted by Crippen LogP contribution is -2.35. The van der Waals surface area contributed by atoms with Gasteiger partial charge in [0.05, 0.1) is 5.56 Å². The Bertz CT molecular complexity index is 576. The molecule has 6 nitrogen and oxygen atoms in total. The highest BCUT2D eigenvalue weighted by molar-refractivity contribution is 5.97. The molecule has 23 heavy (non-hydrogen) atoms. The largest absolute Gasteiger partial charge is 0.365 e. The molecule has 2 fully saturated rings. The van der Waals surface area contributed by atoms with Crippen molar-refractivity contribution < 1.29 is 4.79 Å². The van der Waals surface area contributed by atoms with Crippen LogP contribution < -0.4 is 16.4 Å². The Kier molecular flexibility index (Phi) is 4.41. The first-order chi connectivity index (χ1) is 11.0. The summed E-state index contributed by atoms with van der Waals surface area (Å²) in [6.45, 7) is 4.29. The topological polar surface area (TPSA) is 92.9 Å². The van der Waals surface area contributed by atoms with Gasteiger partial charge < -0.3 is 16.4 Å². The van der Waals surface area contributed by atoms with Gasteiger partial charge in [-0.1, -0.05) is 19.3 Å². The lowest BCUT2D eigenvalue weighted by molar-refractivity contribution is 0.100. The minimum absolute atomic E-state index is 0.0966. The summed E-state index contributed by atoms with van der Waals surface area (Å²) in [4.78, 5) is 20.5. The standard InChI is InChI=1S/C17H27N5O/c1-17(2,11-8-9-11)22-15-13(14(18)23)10-19-16(21-15)20-12-6-4-3-5-7-12/h10-12H,3-9H2,1-2H3,(H2,18,23)(H2,19,20,21,22). The molecule has 2 saturated carbocycles. The second kappa shape index (κ2) is 6.34. The highest BCUT2D eigenvalue weighted by Gasteiger charge is 2.38. The summed E-state index contributed by atoms with van der Waals surface area (Å²) in [5.41, 5.74) is 5.74. The van der Waals surface area contributed by atoms with Gasteiger partial charge in [0.2, 0.25) is 5.95 Å². The summed E-state index contributed by atoms with van der Waals surface area (Å²) in [6.07, 6.45) is 10.1. The quantitative estimate of drug-likeness (QED) is 0.750. The highest BCUT2D eigenvalue weighted by Crippen LogP contribution is 2.41. The van der Waals surface area contributed by atoms with Crippen LogP contribution in [0.4, 0.5) is 11.8 Å². The van der Waals surface area contributed by atoms with E-state index in [1.165, 1.54) is 38.3 Å². The van der Waals surface area contributed by atoms with Crippen molar-refractivity contribution in [2.24, 2.45) is 11.7 Å². The van der Waals surface area contributed by atoms with Gasteiger partial charge in [-0.25, -0.2) is 4.98 Å². The van der Waals surface area contributed by atoms with Crippen LogP contribution in [0.2, 0.25) is 0 Å². The Balaban J connectivity index is 1.79. The van der Waals surface area contributed by atoms with Gasteiger partial charge in [0.15, 0.2) is 0 Å². The molecule has 0 unspecified atom stereocenters. The molecule has 0 saturated heterocycles. The number of primary amides is 1. The number of carbonyl (C=O) groups excluding carboxylic acids is 1. The fourth-order valence-electron chi connectivity index (χ4n) is 3.37. The molecule has 0 aromatic carbocycles. The van der Waals surface area contributed by atoms with Crippen molar-refractivity contribution in [3.8, 4) is 0 Å². The van der Waals surface area contributed by atoms with Crippen molar-refractivity contribution in [3.63, 3.8) is 0 Å².